The van der Waals surface area contributed by atoms with E-state index >= 15 is 0 Å². The molecule has 6 heteroatoms. The maximum Gasteiger partial charge on any atom is 0.407 e. The van der Waals surface area contributed by atoms with Gasteiger partial charge in [-0.3, -0.25) is 4.98 Å². The quantitative estimate of drug-likeness (QED) is 0.875. The van der Waals surface area contributed by atoms with E-state index in [1.165, 1.54) is 12.3 Å². The Morgan fingerprint density at radius 2 is 2.00 bits per heavy atom. The molecule has 1 unspecified atom stereocenters. The summed E-state index contributed by atoms with van der Waals surface area (Å²) in [6, 6.07) is 12.7. The van der Waals surface area contributed by atoms with E-state index in [9.17, 15) is 9.18 Å². The predicted octanol–water partition coefficient (Wildman–Crippen LogP) is 2.23. The Hall–Kier alpha value is -2.47. The zero-order valence-electron chi connectivity index (χ0n) is 13.7. The highest BCUT2D eigenvalue weighted by Crippen LogP contribution is 2.60. The van der Waals surface area contributed by atoms with Gasteiger partial charge in [-0.15, -0.1) is 0 Å². The molecule has 25 heavy (non-hydrogen) atoms. The number of benzene rings is 1. The number of halogens is 1. The van der Waals surface area contributed by atoms with Gasteiger partial charge in [0.2, 0.25) is 0 Å². The number of piperidine rings is 1. The molecule has 1 saturated heterocycles. The van der Waals surface area contributed by atoms with E-state index in [2.05, 4.69) is 15.6 Å². The van der Waals surface area contributed by atoms with E-state index in [1.807, 2.05) is 30.3 Å². The summed E-state index contributed by atoms with van der Waals surface area (Å²) in [5.74, 6) is 0.484. The Morgan fingerprint density at radius 3 is 2.68 bits per heavy atom. The first-order valence-corrected chi connectivity index (χ1v) is 8.47. The molecule has 3 atom stereocenters. The van der Waals surface area contributed by atoms with Crippen molar-refractivity contribution in [3.8, 4) is 0 Å². The molecule has 1 amide bonds. The molecule has 1 aromatic heterocycles. The lowest BCUT2D eigenvalue weighted by molar-refractivity contribution is 0.138. The van der Waals surface area contributed by atoms with Crippen LogP contribution in [0.25, 0.3) is 0 Å². The second-order valence-corrected chi connectivity index (χ2v) is 6.69. The van der Waals surface area contributed by atoms with Crippen LogP contribution in [0, 0.1) is 17.7 Å². The Labute approximate surface area is 145 Å². The standard InChI is InChI=1S/C19H20FN3O2/c20-14-6-7-17(22-8-14)19(15-9-21-10-16(15)19)12-23-18(24)25-11-13-4-2-1-3-5-13/h1-8,15-16,21H,9-12H2,(H,23,24)/t15-,16+,19?. The topological polar surface area (TPSA) is 63.2 Å². The summed E-state index contributed by atoms with van der Waals surface area (Å²) in [7, 11) is 0. The maximum absolute atomic E-state index is 13.2. The van der Waals surface area contributed by atoms with E-state index in [0.29, 0.717) is 18.4 Å². The molecule has 4 rings (SSSR count). The summed E-state index contributed by atoms with van der Waals surface area (Å²) < 4.78 is 18.5. The van der Waals surface area contributed by atoms with Crippen LogP contribution in [0.5, 0.6) is 0 Å². The molecule has 0 bridgehead atoms. The maximum atomic E-state index is 13.2. The molecule has 1 saturated carbocycles. The van der Waals surface area contributed by atoms with Gasteiger partial charge in [0, 0.05) is 17.7 Å². The number of aromatic nitrogens is 1. The van der Waals surface area contributed by atoms with Crippen LogP contribution in [0.1, 0.15) is 11.3 Å². The lowest BCUT2D eigenvalue weighted by Crippen LogP contribution is -2.38. The number of ether oxygens (including phenoxy) is 1. The van der Waals surface area contributed by atoms with Gasteiger partial charge in [-0.2, -0.15) is 0 Å². The number of nitrogens with one attached hydrogen (secondary N) is 2. The lowest BCUT2D eigenvalue weighted by Gasteiger charge is -2.21. The minimum Gasteiger partial charge on any atom is -0.445 e. The lowest BCUT2D eigenvalue weighted by atomic mass is 9.95. The number of hydrogen-bond donors (Lipinski definition) is 2. The number of carbonyl (C=O) groups is 1. The highest BCUT2D eigenvalue weighted by molar-refractivity contribution is 5.67. The smallest absolute Gasteiger partial charge is 0.407 e. The van der Waals surface area contributed by atoms with Crippen LogP contribution in [0.2, 0.25) is 0 Å². The summed E-state index contributed by atoms with van der Waals surface area (Å²) in [6.07, 6.45) is 0.801. The van der Waals surface area contributed by atoms with Crippen LogP contribution < -0.4 is 10.6 Å². The average molecular weight is 341 g/mol. The second kappa shape index (κ2) is 6.44. The van der Waals surface area contributed by atoms with Gasteiger partial charge in [0.15, 0.2) is 0 Å². The summed E-state index contributed by atoms with van der Waals surface area (Å²) in [6.45, 7) is 2.48. The normalized spacial score (nSPS) is 26.8. The van der Waals surface area contributed by atoms with Crippen LogP contribution in [0.4, 0.5) is 9.18 Å². The van der Waals surface area contributed by atoms with Gasteiger partial charge < -0.3 is 15.4 Å². The van der Waals surface area contributed by atoms with E-state index in [4.69, 9.17) is 4.74 Å². The van der Waals surface area contributed by atoms with Crippen molar-refractivity contribution < 1.29 is 13.9 Å². The number of fused-ring (bicyclic) bond motifs is 1. The minimum atomic E-state index is -0.441. The number of amides is 1. The molecule has 130 valence electrons. The van der Waals surface area contributed by atoms with Gasteiger partial charge in [-0.25, -0.2) is 9.18 Å². The van der Waals surface area contributed by atoms with E-state index < -0.39 is 6.09 Å². The first-order chi connectivity index (χ1) is 12.2. The SMILES string of the molecule is O=C(NCC1(c2ccc(F)cn2)[C@@H]2CNC[C@@H]21)OCc1ccccc1. The Kier molecular flexibility index (Phi) is 4.13. The number of pyridine rings is 1. The average Bonchev–Trinajstić information content (AvgIpc) is 3.00. The molecule has 1 aromatic carbocycles. The largest absolute Gasteiger partial charge is 0.445 e. The van der Waals surface area contributed by atoms with Crippen LogP contribution in [0.3, 0.4) is 0 Å². The van der Waals surface area contributed by atoms with Crippen molar-refractivity contribution in [2.75, 3.05) is 19.6 Å². The van der Waals surface area contributed by atoms with Crippen molar-refractivity contribution in [3.63, 3.8) is 0 Å². The van der Waals surface area contributed by atoms with E-state index in [0.717, 1.165) is 24.3 Å². The fourth-order valence-corrected chi connectivity index (χ4v) is 4.02. The van der Waals surface area contributed by atoms with E-state index in [1.54, 1.807) is 6.07 Å². The van der Waals surface area contributed by atoms with Crippen molar-refractivity contribution >= 4 is 6.09 Å². The third-order valence-corrected chi connectivity index (χ3v) is 5.37. The summed E-state index contributed by atoms with van der Waals surface area (Å²) in [5, 5.41) is 6.22. The molecule has 2 heterocycles. The Morgan fingerprint density at radius 1 is 1.24 bits per heavy atom. The first-order valence-electron chi connectivity index (χ1n) is 8.47. The minimum absolute atomic E-state index is 0.218. The zero-order chi connectivity index (χ0) is 17.3. The zero-order valence-corrected chi connectivity index (χ0v) is 13.7. The number of rotatable bonds is 5. The fourth-order valence-electron chi connectivity index (χ4n) is 4.02. The Bertz CT molecular complexity index is 741. The van der Waals surface area contributed by atoms with E-state index in [-0.39, 0.29) is 17.8 Å². The van der Waals surface area contributed by atoms with Crippen LogP contribution in [0.15, 0.2) is 48.7 Å². The van der Waals surface area contributed by atoms with Crippen molar-refractivity contribution in [3.05, 3.63) is 65.7 Å². The molecule has 1 aliphatic heterocycles. The predicted molar refractivity (Wildman–Crippen MR) is 90.4 cm³/mol. The molecule has 2 aromatic rings. The molecule has 0 radical (unpaired) electrons. The Balaban J connectivity index is 1.39. The molecule has 2 fully saturated rings. The molecule has 2 aliphatic rings. The summed E-state index contributed by atoms with van der Waals surface area (Å²) in [4.78, 5) is 16.3. The van der Waals surface area contributed by atoms with Crippen molar-refractivity contribution in [2.45, 2.75) is 12.0 Å². The molecule has 0 spiro atoms. The van der Waals surface area contributed by atoms with Gasteiger partial charge in [0.1, 0.15) is 12.4 Å². The van der Waals surface area contributed by atoms with Crippen molar-refractivity contribution in [2.24, 2.45) is 11.8 Å². The third kappa shape index (κ3) is 2.98. The summed E-state index contributed by atoms with van der Waals surface area (Å²) in [5.41, 5.74) is 1.57. The molecular formula is C19H20FN3O2. The molecule has 1 aliphatic carbocycles. The van der Waals surface area contributed by atoms with Crippen LogP contribution in [-0.2, 0) is 16.8 Å². The van der Waals surface area contributed by atoms with Crippen LogP contribution >= 0.6 is 0 Å². The number of hydrogen-bond acceptors (Lipinski definition) is 4. The molecular weight excluding hydrogens is 321 g/mol. The molecule has 5 nitrogen and oxygen atoms in total. The fraction of sp³-hybridized carbons (Fsp3) is 0.368. The second-order valence-electron chi connectivity index (χ2n) is 6.69. The van der Waals surface area contributed by atoms with Gasteiger partial charge in [-0.1, -0.05) is 30.3 Å². The number of alkyl carbamates (subject to hydrolysis) is 1. The highest BCUT2D eigenvalue weighted by atomic mass is 19.1. The van der Waals surface area contributed by atoms with Gasteiger partial charge >= 0.3 is 6.09 Å². The number of carbonyl (C=O) groups excluding carboxylic acids is 1. The third-order valence-electron chi connectivity index (χ3n) is 5.37. The summed E-state index contributed by atoms with van der Waals surface area (Å²) >= 11 is 0. The van der Waals surface area contributed by atoms with Crippen LogP contribution in [-0.4, -0.2) is 30.7 Å². The highest BCUT2D eigenvalue weighted by Gasteiger charge is 2.67. The van der Waals surface area contributed by atoms with Gasteiger partial charge in [-0.05, 0) is 42.6 Å². The molecule has 2 N–H and O–H groups in total. The van der Waals surface area contributed by atoms with Gasteiger partial charge in [0.25, 0.3) is 0 Å². The van der Waals surface area contributed by atoms with Crippen molar-refractivity contribution in [1.29, 1.82) is 0 Å². The first kappa shape index (κ1) is 16.0. The monoisotopic (exact) mass is 341 g/mol. The van der Waals surface area contributed by atoms with Crippen molar-refractivity contribution in [1.82, 2.24) is 15.6 Å². The van der Waals surface area contributed by atoms with Gasteiger partial charge in [0.05, 0.1) is 6.20 Å². The number of nitrogens with zero attached hydrogens (tertiary/aromatic N) is 1.